The zero-order valence-electron chi connectivity index (χ0n) is 20.8. The lowest BCUT2D eigenvalue weighted by Crippen LogP contribution is -2.61. The summed E-state index contributed by atoms with van der Waals surface area (Å²) in [6.07, 6.45) is 0. The van der Waals surface area contributed by atoms with Gasteiger partial charge in [-0.15, -0.1) is 11.8 Å². The predicted octanol–water partition coefficient (Wildman–Crippen LogP) is 3.29. The number of aliphatic carboxylic acids is 1. The van der Waals surface area contributed by atoms with Crippen molar-refractivity contribution in [2.75, 3.05) is 12.3 Å². The molecule has 0 radical (unpaired) electrons. The van der Waals surface area contributed by atoms with Crippen LogP contribution < -0.4 is 5.11 Å². The molecule has 37 heavy (non-hydrogen) atoms. The molecule has 5 rings (SSSR count). The molecule has 0 spiro atoms. The number of hydrogen-bond acceptors (Lipinski definition) is 6. The summed E-state index contributed by atoms with van der Waals surface area (Å²) >= 11 is 1.46. The van der Waals surface area contributed by atoms with Crippen molar-refractivity contribution in [1.82, 2.24) is 9.80 Å². The summed E-state index contributed by atoms with van der Waals surface area (Å²) in [5.74, 6) is -2.86. The Labute approximate surface area is 219 Å². The second-order valence-corrected chi connectivity index (χ2v) is 11.7. The molecule has 3 amide bonds. The average Bonchev–Trinajstić information content (AvgIpc) is 3.00. The van der Waals surface area contributed by atoms with Crippen molar-refractivity contribution in [3.63, 3.8) is 0 Å². The van der Waals surface area contributed by atoms with E-state index < -0.39 is 41.2 Å². The van der Waals surface area contributed by atoms with Gasteiger partial charge in [0.1, 0.15) is 6.04 Å². The van der Waals surface area contributed by atoms with Gasteiger partial charge in [0.05, 0.1) is 23.1 Å². The number of carboxylic acid groups (broad SMARTS) is 1. The maximum Gasteiger partial charge on any atom is 0.262 e. The molecule has 190 valence electrons. The Kier molecular flexibility index (Phi) is 6.31. The van der Waals surface area contributed by atoms with Gasteiger partial charge in [-0.2, -0.15) is 0 Å². The van der Waals surface area contributed by atoms with E-state index in [1.807, 2.05) is 42.5 Å². The van der Waals surface area contributed by atoms with Gasteiger partial charge in [0.15, 0.2) is 0 Å². The van der Waals surface area contributed by atoms with Gasteiger partial charge in [-0.05, 0) is 33.9 Å². The number of thioether (sulfide) groups is 1. The molecule has 3 unspecified atom stereocenters. The molecular formula is C29H27N2O5S-. The third kappa shape index (κ3) is 4.29. The summed E-state index contributed by atoms with van der Waals surface area (Å²) in [6, 6.07) is 17.9. The lowest BCUT2D eigenvalue weighted by molar-refractivity contribution is -0.314. The molecule has 0 bridgehead atoms. The van der Waals surface area contributed by atoms with E-state index in [1.165, 1.54) is 16.7 Å². The number of hydrogen-bond donors (Lipinski definition) is 0. The number of carboxylic acids is 1. The quantitative estimate of drug-likeness (QED) is 0.495. The molecule has 3 atom stereocenters. The highest BCUT2D eigenvalue weighted by atomic mass is 32.2. The molecule has 2 aliphatic heterocycles. The molecule has 2 heterocycles. The summed E-state index contributed by atoms with van der Waals surface area (Å²) in [6.45, 7) is 5.32. The smallest absolute Gasteiger partial charge is 0.262 e. The van der Waals surface area contributed by atoms with Crippen LogP contribution >= 0.6 is 11.8 Å². The van der Waals surface area contributed by atoms with Crippen molar-refractivity contribution in [3.8, 4) is 0 Å². The topological polar surface area (TPSA) is 97.8 Å². The molecule has 1 fully saturated rings. The van der Waals surface area contributed by atoms with E-state index in [-0.39, 0.29) is 28.7 Å². The average molecular weight is 516 g/mol. The standard InChI is InChI=1S/C29H28N2O5S/c1-29(2,3)24(28(35)36)30-15-23(19-14-8-10-17-9-4-5-11-18(17)19)37-16-22(27(30)34)31-25(32)20-12-6-7-13-21(20)26(31)33/h4-14,22-24H,15-16H2,1-3H3,(H,35,36)/p-1. The highest BCUT2D eigenvalue weighted by Crippen LogP contribution is 2.41. The first-order valence-electron chi connectivity index (χ1n) is 12.2. The predicted molar refractivity (Wildman–Crippen MR) is 140 cm³/mol. The van der Waals surface area contributed by atoms with Crippen molar-refractivity contribution in [3.05, 3.63) is 83.4 Å². The number of nitrogens with zero attached hydrogens (tertiary/aromatic N) is 2. The van der Waals surface area contributed by atoms with Crippen LogP contribution in [0.25, 0.3) is 10.8 Å². The summed E-state index contributed by atoms with van der Waals surface area (Å²) < 4.78 is 0. The lowest BCUT2D eigenvalue weighted by Gasteiger charge is -2.42. The SMILES string of the molecule is CC(C)(C)C(C(=O)[O-])N1CC(c2cccc3ccccc23)SCC(N2C(=O)c3ccccc3C2=O)C1=O. The van der Waals surface area contributed by atoms with E-state index in [0.29, 0.717) is 0 Å². The number of amides is 3. The first-order chi connectivity index (χ1) is 17.6. The molecule has 3 aromatic carbocycles. The Morgan fingerprint density at radius 3 is 2.14 bits per heavy atom. The van der Waals surface area contributed by atoms with Crippen molar-refractivity contribution >= 4 is 46.2 Å². The van der Waals surface area contributed by atoms with Gasteiger partial charge in [-0.1, -0.05) is 75.4 Å². The number of fused-ring (bicyclic) bond motifs is 2. The molecule has 0 saturated carbocycles. The molecule has 0 aliphatic carbocycles. The van der Waals surface area contributed by atoms with Crippen LogP contribution in [0.15, 0.2) is 66.7 Å². The van der Waals surface area contributed by atoms with E-state index in [2.05, 4.69) is 0 Å². The normalized spacial score (nSPS) is 21.2. The second-order valence-electron chi connectivity index (χ2n) is 10.5. The van der Waals surface area contributed by atoms with Crippen LogP contribution in [0, 0.1) is 5.41 Å². The van der Waals surface area contributed by atoms with Crippen molar-refractivity contribution in [2.45, 2.75) is 38.1 Å². The van der Waals surface area contributed by atoms with Crippen LogP contribution in [0.1, 0.15) is 52.3 Å². The zero-order valence-corrected chi connectivity index (χ0v) is 21.7. The number of rotatable bonds is 4. The first-order valence-corrected chi connectivity index (χ1v) is 13.2. The summed E-state index contributed by atoms with van der Waals surface area (Å²) in [5, 5.41) is 14.2. The Hall–Kier alpha value is -3.65. The minimum Gasteiger partial charge on any atom is -0.548 e. The summed E-state index contributed by atoms with van der Waals surface area (Å²) in [7, 11) is 0. The fourth-order valence-corrected chi connectivity index (χ4v) is 6.72. The largest absolute Gasteiger partial charge is 0.548 e. The maximum atomic E-state index is 14.1. The van der Waals surface area contributed by atoms with Crippen molar-refractivity contribution in [1.29, 1.82) is 0 Å². The highest BCUT2D eigenvalue weighted by molar-refractivity contribution is 7.99. The summed E-state index contributed by atoms with van der Waals surface area (Å²) in [4.78, 5) is 55.4. The number of carbonyl (C=O) groups is 4. The van der Waals surface area contributed by atoms with Crippen LogP contribution in [0.3, 0.4) is 0 Å². The number of benzene rings is 3. The van der Waals surface area contributed by atoms with Gasteiger partial charge >= 0.3 is 0 Å². The Balaban J connectivity index is 1.61. The molecular weight excluding hydrogens is 488 g/mol. The Morgan fingerprint density at radius 2 is 1.51 bits per heavy atom. The van der Waals surface area contributed by atoms with E-state index in [9.17, 15) is 24.3 Å². The van der Waals surface area contributed by atoms with Gasteiger partial charge in [0.2, 0.25) is 5.91 Å². The minimum atomic E-state index is -1.37. The van der Waals surface area contributed by atoms with E-state index in [4.69, 9.17) is 0 Å². The number of carbonyl (C=O) groups excluding carboxylic acids is 4. The van der Waals surface area contributed by atoms with Crippen LogP contribution in [0.4, 0.5) is 0 Å². The van der Waals surface area contributed by atoms with Crippen molar-refractivity contribution < 1.29 is 24.3 Å². The molecule has 0 N–H and O–H groups in total. The van der Waals surface area contributed by atoms with Crippen molar-refractivity contribution in [2.24, 2.45) is 5.41 Å². The van der Waals surface area contributed by atoms with Crippen LogP contribution in [0.2, 0.25) is 0 Å². The zero-order chi connectivity index (χ0) is 26.5. The Bertz CT molecular complexity index is 1390. The summed E-state index contributed by atoms with van der Waals surface area (Å²) in [5.41, 5.74) is 0.618. The molecule has 3 aromatic rings. The van der Waals surface area contributed by atoms with E-state index in [0.717, 1.165) is 21.2 Å². The minimum absolute atomic E-state index is 0.104. The molecule has 8 heteroatoms. The van der Waals surface area contributed by atoms with Gasteiger partial charge in [-0.3, -0.25) is 19.3 Å². The van der Waals surface area contributed by atoms with Gasteiger partial charge in [0, 0.05) is 17.5 Å². The third-order valence-electron chi connectivity index (χ3n) is 7.05. The van der Waals surface area contributed by atoms with Crippen LogP contribution in [0.5, 0.6) is 0 Å². The first kappa shape index (κ1) is 25.0. The second kappa shape index (κ2) is 9.34. The van der Waals surface area contributed by atoms with Gasteiger partial charge in [-0.25, -0.2) is 0 Å². The van der Waals surface area contributed by atoms with E-state index in [1.54, 1.807) is 45.0 Å². The lowest BCUT2D eigenvalue weighted by atomic mass is 9.85. The van der Waals surface area contributed by atoms with Gasteiger partial charge in [0.25, 0.3) is 11.8 Å². The van der Waals surface area contributed by atoms with Gasteiger partial charge < -0.3 is 14.8 Å². The van der Waals surface area contributed by atoms with E-state index >= 15 is 0 Å². The van der Waals surface area contributed by atoms with Crippen LogP contribution in [-0.4, -0.2) is 57.9 Å². The molecule has 7 nitrogen and oxygen atoms in total. The molecule has 0 aromatic heterocycles. The fourth-order valence-electron chi connectivity index (χ4n) is 5.37. The third-order valence-corrected chi connectivity index (χ3v) is 8.36. The Morgan fingerprint density at radius 1 is 0.919 bits per heavy atom. The van der Waals surface area contributed by atoms with Crippen LogP contribution in [-0.2, 0) is 9.59 Å². The maximum absolute atomic E-state index is 14.1. The monoisotopic (exact) mass is 515 g/mol. The molecule has 2 aliphatic rings. The highest BCUT2D eigenvalue weighted by Gasteiger charge is 2.48. The fraction of sp³-hybridized carbons (Fsp3) is 0.310. The molecule has 1 saturated heterocycles. The number of imide groups is 1.